The van der Waals surface area contributed by atoms with Crippen molar-refractivity contribution in [3.05, 3.63) is 35.9 Å². The van der Waals surface area contributed by atoms with Crippen molar-refractivity contribution >= 4 is 0 Å². The van der Waals surface area contributed by atoms with E-state index < -0.39 is 0 Å². The van der Waals surface area contributed by atoms with Crippen LogP contribution in [0.25, 0.3) is 0 Å². The fraction of sp³-hybridized carbons (Fsp3) is 0.571. The van der Waals surface area contributed by atoms with Crippen LogP contribution < -0.4 is 5.73 Å². The van der Waals surface area contributed by atoms with Gasteiger partial charge in [-0.25, -0.2) is 0 Å². The zero-order valence-corrected chi connectivity index (χ0v) is 9.77. The number of hydrogen-bond donors (Lipinski definition) is 1. The predicted molar refractivity (Wildman–Crippen MR) is 66.3 cm³/mol. The fourth-order valence-electron chi connectivity index (χ4n) is 2.52. The minimum absolute atomic E-state index is 0.434. The molecule has 0 aliphatic carbocycles. The lowest BCUT2D eigenvalue weighted by molar-refractivity contribution is 0.0604. The highest BCUT2D eigenvalue weighted by Gasteiger charge is 2.25. The average molecular weight is 219 g/mol. The monoisotopic (exact) mass is 219 g/mol. The molecule has 1 aliphatic rings. The standard InChI is InChI=1S/C14H21NO/c15-9-8-13(14-7-4-10-16-14)11-12-5-2-1-3-6-12/h1-3,5-6,13-14H,4,7-11,15H2. The predicted octanol–water partition coefficient (Wildman–Crippen LogP) is 2.37. The normalized spacial score (nSPS) is 22.2. The van der Waals surface area contributed by atoms with Crippen molar-refractivity contribution in [3.8, 4) is 0 Å². The molecule has 88 valence electrons. The molecular weight excluding hydrogens is 198 g/mol. The first-order valence-electron chi connectivity index (χ1n) is 6.25. The van der Waals surface area contributed by atoms with Crippen molar-refractivity contribution in [2.45, 2.75) is 31.8 Å². The van der Waals surface area contributed by atoms with E-state index in [1.807, 2.05) is 0 Å². The largest absolute Gasteiger partial charge is 0.378 e. The molecule has 2 N–H and O–H groups in total. The lowest BCUT2D eigenvalue weighted by atomic mass is 9.90. The van der Waals surface area contributed by atoms with Gasteiger partial charge in [-0.2, -0.15) is 0 Å². The molecule has 2 heteroatoms. The second kappa shape index (κ2) is 6.02. The van der Waals surface area contributed by atoms with E-state index in [2.05, 4.69) is 30.3 Å². The third kappa shape index (κ3) is 3.06. The minimum Gasteiger partial charge on any atom is -0.378 e. The molecule has 0 amide bonds. The van der Waals surface area contributed by atoms with Crippen molar-refractivity contribution in [2.75, 3.05) is 13.2 Å². The Kier molecular flexibility index (Phi) is 4.37. The Bertz CT molecular complexity index is 293. The number of nitrogens with two attached hydrogens (primary N) is 1. The van der Waals surface area contributed by atoms with Crippen LogP contribution in [-0.4, -0.2) is 19.3 Å². The van der Waals surface area contributed by atoms with Crippen LogP contribution in [0.1, 0.15) is 24.8 Å². The van der Waals surface area contributed by atoms with Crippen LogP contribution in [0.3, 0.4) is 0 Å². The molecular formula is C14H21NO. The van der Waals surface area contributed by atoms with Crippen LogP contribution in [0.4, 0.5) is 0 Å². The molecule has 2 atom stereocenters. The molecule has 1 saturated heterocycles. The molecule has 2 rings (SSSR count). The maximum absolute atomic E-state index is 5.78. The van der Waals surface area contributed by atoms with E-state index in [9.17, 15) is 0 Å². The molecule has 0 saturated carbocycles. The zero-order chi connectivity index (χ0) is 11.2. The van der Waals surface area contributed by atoms with Crippen molar-refractivity contribution in [2.24, 2.45) is 11.7 Å². The quantitative estimate of drug-likeness (QED) is 0.825. The molecule has 0 bridgehead atoms. The Balaban J connectivity index is 1.96. The van der Waals surface area contributed by atoms with Gasteiger partial charge in [-0.15, -0.1) is 0 Å². The summed E-state index contributed by atoms with van der Waals surface area (Å²) in [6.45, 7) is 1.69. The van der Waals surface area contributed by atoms with Gasteiger partial charge in [0.05, 0.1) is 6.10 Å². The summed E-state index contributed by atoms with van der Waals surface area (Å²) in [6, 6.07) is 10.7. The van der Waals surface area contributed by atoms with Gasteiger partial charge < -0.3 is 10.5 Å². The molecule has 2 unspecified atom stereocenters. The molecule has 2 nitrogen and oxygen atoms in total. The average Bonchev–Trinajstić information content (AvgIpc) is 2.83. The molecule has 1 fully saturated rings. The summed E-state index contributed by atoms with van der Waals surface area (Å²) >= 11 is 0. The van der Waals surface area contributed by atoms with Crippen molar-refractivity contribution < 1.29 is 4.74 Å². The van der Waals surface area contributed by atoms with Gasteiger partial charge in [0.25, 0.3) is 0 Å². The third-order valence-electron chi connectivity index (χ3n) is 3.37. The van der Waals surface area contributed by atoms with Crippen LogP contribution in [0.5, 0.6) is 0 Å². The number of hydrogen-bond acceptors (Lipinski definition) is 2. The molecule has 0 aromatic heterocycles. The van der Waals surface area contributed by atoms with Gasteiger partial charge in [0.15, 0.2) is 0 Å². The first kappa shape index (κ1) is 11.6. The third-order valence-corrected chi connectivity index (χ3v) is 3.37. The maximum Gasteiger partial charge on any atom is 0.0607 e. The SMILES string of the molecule is NCCC(Cc1ccccc1)C1CCCO1. The highest BCUT2D eigenvalue weighted by atomic mass is 16.5. The summed E-state index contributed by atoms with van der Waals surface area (Å²) in [5.74, 6) is 0.592. The van der Waals surface area contributed by atoms with E-state index in [4.69, 9.17) is 10.5 Å². The fourth-order valence-corrected chi connectivity index (χ4v) is 2.52. The van der Waals surface area contributed by atoms with Gasteiger partial charge in [0.2, 0.25) is 0 Å². The van der Waals surface area contributed by atoms with E-state index in [-0.39, 0.29) is 0 Å². The molecule has 1 aliphatic heterocycles. The Hall–Kier alpha value is -0.860. The number of rotatable bonds is 5. The molecule has 1 aromatic carbocycles. The summed E-state index contributed by atoms with van der Waals surface area (Å²) in [5, 5.41) is 0. The topological polar surface area (TPSA) is 35.2 Å². The van der Waals surface area contributed by atoms with Gasteiger partial charge >= 0.3 is 0 Å². The highest BCUT2D eigenvalue weighted by molar-refractivity contribution is 5.15. The van der Waals surface area contributed by atoms with Crippen LogP contribution in [-0.2, 0) is 11.2 Å². The van der Waals surface area contributed by atoms with Crippen LogP contribution >= 0.6 is 0 Å². The van der Waals surface area contributed by atoms with Crippen LogP contribution in [0.2, 0.25) is 0 Å². The van der Waals surface area contributed by atoms with Crippen molar-refractivity contribution in [1.82, 2.24) is 0 Å². The van der Waals surface area contributed by atoms with E-state index in [0.29, 0.717) is 12.0 Å². The lowest BCUT2D eigenvalue weighted by Gasteiger charge is -2.22. The van der Waals surface area contributed by atoms with Gasteiger partial charge in [-0.05, 0) is 43.7 Å². The minimum atomic E-state index is 0.434. The molecule has 16 heavy (non-hydrogen) atoms. The van der Waals surface area contributed by atoms with Gasteiger partial charge in [-0.3, -0.25) is 0 Å². The molecule has 0 spiro atoms. The molecule has 1 aromatic rings. The Morgan fingerprint density at radius 2 is 2.12 bits per heavy atom. The van der Waals surface area contributed by atoms with Crippen molar-refractivity contribution in [1.29, 1.82) is 0 Å². The van der Waals surface area contributed by atoms with Gasteiger partial charge in [0.1, 0.15) is 0 Å². The van der Waals surface area contributed by atoms with Gasteiger partial charge in [0, 0.05) is 6.61 Å². The first-order chi connectivity index (χ1) is 7.90. The van der Waals surface area contributed by atoms with Gasteiger partial charge in [-0.1, -0.05) is 30.3 Å². The Labute approximate surface area is 97.8 Å². The van der Waals surface area contributed by atoms with E-state index in [0.717, 1.165) is 26.0 Å². The second-order valence-electron chi connectivity index (χ2n) is 4.58. The van der Waals surface area contributed by atoms with E-state index in [1.54, 1.807) is 0 Å². The second-order valence-corrected chi connectivity index (χ2v) is 4.58. The summed E-state index contributed by atoms with van der Waals surface area (Å²) in [7, 11) is 0. The van der Waals surface area contributed by atoms with E-state index >= 15 is 0 Å². The highest BCUT2D eigenvalue weighted by Crippen LogP contribution is 2.25. The zero-order valence-electron chi connectivity index (χ0n) is 9.77. The Morgan fingerprint density at radius 1 is 1.31 bits per heavy atom. The molecule has 0 radical (unpaired) electrons. The maximum atomic E-state index is 5.78. The summed E-state index contributed by atoms with van der Waals surface area (Å²) in [4.78, 5) is 0. The van der Waals surface area contributed by atoms with Crippen LogP contribution in [0.15, 0.2) is 30.3 Å². The summed E-state index contributed by atoms with van der Waals surface area (Å²) < 4.78 is 5.78. The van der Waals surface area contributed by atoms with E-state index in [1.165, 1.54) is 18.4 Å². The number of ether oxygens (including phenoxy) is 1. The Morgan fingerprint density at radius 3 is 2.75 bits per heavy atom. The molecule has 1 heterocycles. The smallest absolute Gasteiger partial charge is 0.0607 e. The van der Waals surface area contributed by atoms with Crippen molar-refractivity contribution in [3.63, 3.8) is 0 Å². The van der Waals surface area contributed by atoms with Crippen LogP contribution in [0, 0.1) is 5.92 Å². The lowest BCUT2D eigenvalue weighted by Crippen LogP contribution is -2.24. The number of benzene rings is 1. The summed E-state index contributed by atoms with van der Waals surface area (Å²) in [5.41, 5.74) is 7.09. The summed E-state index contributed by atoms with van der Waals surface area (Å²) in [6.07, 6.45) is 5.02. The first-order valence-corrected chi connectivity index (χ1v) is 6.25.